The van der Waals surface area contributed by atoms with Crippen molar-refractivity contribution in [3.63, 3.8) is 0 Å². The van der Waals surface area contributed by atoms with Gasteiger partial charge in [-0.2, -0.15) is 0 Å². The van der Waals surface area contributed by atoms with Crippen LogP contribution in [-0.4, -0.2) is 31.1 Å². The van der Waals surface area contributed by atoms with Crippen LogP contribution in [-0.2, 0) is 16.1 Å². The molecule has 0 saturated heterocycles. The summed E-state index contributed by atoms with van der Waals surface area (Å²) in [7, 11) is 2.03. The molecule has 100 valence electrons. The molecular weight excluding hydrogens is 226 g/mol. The SMILES string of the molecule is CCOC(=O)C(C)CN(C)Cc1cccc(C)c1. The fourth-order valence-electron chi connectivity index (χ4n) is 2.01. The monoisotopic (exact) mass is 249 g/mol. The summed E-state index contributed by atoms with van der Waals surface area (Å²) in [4.78, 5) is 13.7. The van der Waals surface area contributed by atoms with Crippen molar-refractivity contribution in [2.75, 3.05) is 20.2 Å². The Kier molecular flexibility index (Phi) is 5.86. The van der Waals surface area contributed by atoms with Crippen LogP contribution >= 0.6 is 0 Å². The molecule has 1 atom stereocenters. The molecule has 1 aromatic rings. The molecule has 0 fully saturated rings. The number of hydrogen-bond donors (Lipinski definition) is 0. The van der Waals surface area contributed by atoms with Crippen molar-refractivity contribution < 1.29 is 9.53 Å². The Balaban J connectivity index is 2.46. The molecule has 0 bridgehead atoms. The van der Waals surface area contributed by atoms with E-state index in [4.69, 9.17) is 4.74 Å². The zero-order valence-electron chi connectivity index (χ0n) is 11.8. The van der Waals surface area contributed by atoms with Crippen LogP contribution < -0.4 is 0 Å². The van der Waals surface area contributed by atoms with Gasteiger partial charge in [0.25, 0.3) is 0 Å². The predicted octanol–water partition coefficient (Wildman–Crippen LogP) is 2.63. The Morgan fingerprint density at radius 3 is 2.78 bits per heavy atom. The van der Waals surface area contributed by atoms with E-state index < -0.39 is 0 Å². The minimum atomic E-state index is -0.117. The van der Waals surface area contributed by atoms with E-state index in [0.717, 1.165) is 6.54 Å². The zero-order chi connectivity index (χ0) is 13.5. The van der Waals surface area contributed by atoms with Gasteiger partial charge in [-0.15, -0.1) is 0 Å². The van der Waals surface area contributed by atoms with Crippen molar-refractivity contribution >= 4 is 5.97 Å². The number of rotatable bonds is 6. The molecule has 0 amide bonds. The second-order valence-electron chi connectivity index (χ2n) is 4.84. The third-order valence-corrected chi connectivity index (χ3v) is 2.81. The lowest BCUT2D eigenvalue weighted by Gasteiger charge is -2.20. The molecule has 0 N–H and O–H groups in total. The first-order valence-electron chi connectivity index (χ1n) is 6.43. The number of hydrogen-bond acceptors (Lipinski definition) is 3. The first-order valence-corrected chi connectivity index (χ1v) is 6.43. The van der Waals surface area contributed by atoms with Crippen LogP contribution in [0.4, 0.5) is 0 Å². The number of benzene rings is 1. The number of esters is 1. The third kappa shape index (κ3) is 4.88. The highest BCUT2D eigenvalue weighted by atomic mass is 16.5. The Morgan fingerprint density at radius 1 is 1.44 bits per heavy atom. The number of carbonyl (C=O) groups excluding carboxylic acids is 1. The third-order valence-electron chi connectivity index (χ3n) is 2.81. The summed E-state index contributed by atoms with van der Waals surface area (Å²) in [6.45, 7) is 7.85. The van der Waals surface area contributed by atoms with Gasteiger partial charge < -0.3 is 9.64 Å². The lowest BCUT2D eigenvalue weighted by molar-refractivity contribution is -0.147. The Hall–Kier alpha value is -1.35. The maximum atomic E-state index is 11.5. The molecule has 3 nitrogen and oxygen atoms in total. The summed E-state index contributed by atoms with van der Waals surface area (Å²) in [5, 5.41) is 0. The molecule has 3 heteroatoms. The van der Waals surface area contributed by atoms with E-state index in [0.29, 0.717) is 13.2 Å². The smallest absolute Gasteiger partial charge is 0.309 e. The Bertz CT molecular complexity index is 390. The highest BCUT2D eigenvalue weighted by molar-refractivity contribution is 5.72. The van der Waals surface area contributed by atoms with E-state index in [1.54, 1.807) is 0 Å². The maximum absolute atomic E-state index is 11.5. The van der Waals surface area contributed by atoms with Gasteiger partial charge in [-0.1, -0.05) is 36.8 Å². The molecule has 0 heterocycles. The molecule has 1 unspecified atom stereocenters. The van der Waals surface area contributed by atoms with Crippen molar-refractivity contribution in [2.24, 2.45) is 5.92 Å². The molecule has 0 saturated carbocycles. The standard InChI is InChI=1S/C15H23NO2/c1-5-18-15(17)13(3)10-16(4)11-14-8-6-7-12(2)9-14/h6-9,13H,5,10-11H2,1-4H3. The largest absolute Gasteiger partial charge is 0.466 e. The van der Waals surface area contributed by atoms with Gasteiger partial charge in [-0.05, 0) is 26.5 Å². The van der Waals surface area contributed by atoms with Crippen LogP contribution in [0.1, 0.15) is 25.0 Å². The quantitative estimate of drug-likeness (QED) is 0.726. The van der Waals surface area contributed by atoms with Gasteiger partial charge in [0, 0.05) is 13.1 Å². The first kappa shape index (κ1) is 14.7. The van der Waals surface area contributed by atoms with Gasteiger partial charge in [0.1, 0.15) is 0 Å². The van der Waals surface area contributed by atoms with Crippen molar-refractivity contribution in [1.82, 2.24) is 4.90 Å². The molecular formula is C15H23NO2. The van der Waals surface area contributed by atoms with E-state index in [1.807, 2.05) is 20.9 Å². The zero-order valence-corrected chi connectivity index (χ0v) is 11.8. The topological polar surface area (TPSA) is 29.5 Å². The molecule has 0 aliphatic rings. The summed E-state index contributed by atoms with van der Waals surface area (Å²) in [5.74, 6) is -0.201. The highest BCUT2D eigenvalue weighted by Crippen LogP contribution is 2.09. The lowest BCUT2D eigenvalue weighted by atomic mass is 10.1. The summed E-state index contributed by atoms with van der Waals surface area (Å²) in [5.41, 5.74) is 2.54. The molecule has 0 aliphatic heterocycles. The van der Waals surface area contributed by atoms with Gasteiger partial charge in [0.05, 0.1) is 12.5 Å². The molecule has 1 rings (SSSR count). The summed E-state index contributed by atoms with van der Waals surface area (Å²) in [6, 6.07) is 8.43. The fraction of sp³-hybridized carbons (Fsp3) is 0.533. The van der Waals surface area contributed by atoms with Crippen molar-refractivity contribution in [2.45, 2.75) is 27.3 Å². The second-order valence-corrected chi connectivity index (χ2v) is 4.84. The van der Waals surface area contributed by atoms with Gasteiger partial charge in [0.15, 0.2) is 0 Å². The molecule has 0 spiro atoms. The van der Waals surface area contributed by atoms with E-state index in [9.17, 15) is 4.79 Å². The van der Waals surface area contributed by atoms with Crippen molar-refractivity contribution in [3.8, 4) is 0 Å². The van der Waals surface area contributed by atoms with Crippen LogP contribution in [0.5, 0.6) is 0 Å². The van der Waals surface area contributed by atoms with Gasteiger partial charge in [-0.25, -0.2) is 0 Å². The minimum absolute atomic E-state index is 0.0836. The van der Waals surface area contributed by atoms with E-state index >= 15 is 0 Å². The highest BCUT2D eigenvalue weighted by Gasteiger charge is 2.16. The average molecular weight is 249 g/mol. The fourth-order valence-corrected chi connectivity index (χ4v) is 2.01. The maximum Gasteiger partial charge on any atom is 0.309 e. The summed E-state index contributed by atoms with van der Waals surface area (Å²) in [6.07, 6.45) is 0. The number of ether oxygens (including phenoxy) is 1. The van der Waals surface area contributed by atoms with Crippen LogP contribution in [0.25, 0.3) is 0 Å². The van der Waals surface area contributed by atoms with E-state index in [2.05, 4.69) is 36.1 Å². The van der Waals surface area contributed by atoms with Crippen LogP contribution in [0.3, 0.4) is 0 Å². The van der Waals surface area contributed by atoms with Crippen LogP contribution in [0.15, 0.2) is 24.3 Å². The normalized spacial score (nSPS) is 12.5. The minimum Gasteiger partial charge on any atom is -0.466 e. The lowest BCUT2D eigenvalue weighted by Crippen LogP contribution is -2.29. The summed E-state index contributed by atoms with van der Waals surface area (Å²) >= 11 is 0. The van der Waals surface area contributed by atoms with Gasteiger partial charge >= 0.3 is 5.97 Å². The van der Waals surface area contributed by atoms with Gasteiger partial charge in [0.2, 0.25) is 0 Å². The Labute approximate surface area is 110 Å². The van der Waals surface area contributed by atoms with Gasteiger partial charge in [-0.3, -0.25) is 4.79 Å². The Morgan fingerprint density at radius 2 is 2.17 bits per heavy atom. The van der Waals surface area contributed by atoms with Crippen molar-refractivity contribution in [1.29, 1.82) is 0 Å². The number of carbonyl (C=O) groups is 1. The summed E-state index contributed by atoms with van der Waals surface area (Å²) < 4.78 is 5.01. The molecule has 0 radical (unpaired) electrons. The number of aryl methyl sites for hydroxylation is 1. The first-order chi connectivity index (χ1) is 8.52. The molecule has 18 heavy (non-hydrogen) atoms. The predicted molar refractivity (Wildman–Crippen MR) is 73.3 cm³/mol. The van der Waals surface area contributed by atoms with Crippen molar-refractivity contribution in [3.05, 3.63) is 35.4 Å². The van der Waals surface area contributed by atoms with Crippen LogP contribution in [0, 0.1) is 12.8 Å². The average Bonchev–Trinajstić information content (AvgIpc) is 2.28. The van der Waals surface area contributed by atoms with E-state index in [-0.39, 0.29) is 11.9 Å². The van der Waals surface area contributed by atoms with E-state index in [1.165, 1.54) is 11.1 Å². The second kappa shape index (κ2) is 7.17. The molecule has 0 aliphatic carbocycles. The molecule has 0 aromatic heterocycles. The number of nitrogens with zero attached hydrogens (tertiary/aromatic N) is 1. The van der Waals surface area contributed by atoms with Crippen LogP contribution in [0.2, 0.25) is 0 Å². The molecule has 1 aromatic carbocycles.